The number of rotatable bonds is 6. The summed E-state index contributed by atoms with van der Waals surface area (Å²) in [6.07, 6.45) is 6.44. The molecule has 8 nitrogen and oxygen atoms in total. The maximum absolute atomic E-state index is 7.62. The Morgan fingerprint density at radius 1 is 1.38 bits per heavy atom. The van der Waals surface area contributed by atoms with Crippen LogP contribution in [0.4, 0.5) is 0 Å². The lowest BCUT2D eigenvalue weighted by atomic mass is 10.1. The lowest BCUT2D eigenvalue weighted by Crippen LogP contribution is -2.08. The molecule has 0 aromatic carbocycles. The molecule has 0 aliphatic rings. The number of pyridine rings is 1. The predicted molar refractivity (Wildman–Crippen MR) is 102 cm³/mol. The second kappa shape index (κ2) is 7.04. The van der Waals surface area contributed by atoms with Gasteiger partial charge in [0.15, 0.2) is 5.65 Å². The van der Waals surface area contributed by atoms with E-state index in [0.717, 1.165) is 15.8 Å². The summed E-state index contributed by atoms with van der Waals surface area (Å²) in [5, 5.41) is 19.1. The van der Waals surface area contributed by atoms with E-state index < -0.39 is 0 Å². The van der Waals surface area contributed by atoms with Crippen molar-refractivity contribution in [1.82, 2.24) is 29.9 Å². The molecule has 0 saturated heterocycles. The van der Waals surface area contributed by atoms with Crippen LogP contribution < -0.4 is 0 Å². The number of nitrogens with zero attached hydrogens (tertiary/aromatic N) is 7. The van der Waals surface area contributed by atoms with Crippen molar-refractivity contribution >= 4 is 45.3 Å². The van der Waals surface area contributed by atoms with Crippen LogP contribution in [0.2, 0.25) is 0 Å². The number of hydrogen-bond acceptors (Lipinski definition) is 8. The summed E-state index contributed by atoms with van der Waals surface area (Å²) >= 11 is 1.61. The molecule has 0 saturated carbocycles. The first-order valence-corrected chi connectivity index (χ1v) is 9.06. The van der Waals surface area contributed by atoms with E-state index in [0.29, 0.717) is 30.1 Å². The van der Waals surface area contributed by atoms with Gasteiger partial charge in [0.05, 0.1) is 24.4 Å². The molecule has 4 rings (SSSR count). The van der Waals surface area contributed by atoms with Crippen molar-refractivity contribution in [1.29, 1.82) is 5.41 Å². The Balaban J connectivity index is 1.72. The number of thiophene rings is 1. The van der Waals surface area contributed by atoms with E-state index >= 15 is 0 Å². The topological polar surface area (TPSA) is 106 Å². The Kier molecular flexibility index (Phi) is 4.44. The quantitative estimate of drug-likeness (QED) is 0.530. The molecule has 1 unspecified atom stereocenters. The monoisotopic (exact) mass is 364 g/mol. The van der Waals surface area contributed by atoms with Gasteiger partial charge in [-0.05, 0) is 23.9 Å². The average Bonchev–Trinajstić information content (AvgIpc) is 3.27. The van der Waals surface area contributed by atoms with Gasteiger partial charge >= 0.3 is 0 Å². The van der Waals surface area contributed by atoms with Crippen LogP contribution >= 0.6 is 11.3 Å². The molecule has 0 aliphatic carbocycles. The molecule has 0 radical (unpaired) electrons. The lowest BCUT2D eigenvalue weighted by molar-refractivity contribution is 0.667. The molecular formula is C17H16N8S. The van der Waals surface area contributed by atoms with Crippen molar-refractivity contribution in [2.24, 2.45) is 4.99 Å². The van der Waals surface area contributed by atoms with Crippen molar-refractivity contribution in [3.63, 3.8) is 0 Å². The minimum absolute atomic E-state index is 0.304. The molecule has 0 aliphatic heterocycles. The third-order valence-electron chi connectivity index (χ3n) is 3.97. The Morgan fingerprint density at radius 3 is 3.15 bits per heavy atom. The minimum Gasteiger partial charge on any atom is -0.312 e. The van der Waals surface area contributed by atoms with Gasteiger partial charge in [-0.15, -0.1) is 16.4 Å². The Labute approximate surface area is 153 Å². The summed E-state index contributed by atoms with van der Waals surface area (Å²) < 4.78 is 1.73. The van der Waals surface area contributed by atoms with Crippen LogP contribution in [0, 0.1) is 5.41 Å². The van der Waals surface area contributed by atoms with Crippen molar-refractivity contribution in [3.8, 4) is 0 Å². The molecule has 1 atom stereocenters. The molecule has 9 heteroatoms. The van der Waals surface area contributed by atoms with E-state index in [4.69, 9.17) is 5.41 Å². The highest BCUT2D eigenvalue weighted by Gasteiger charge is 2.15. The maximum atomic E-state index is 7.62. The highest BCUT2D eigenvalue weighted by Crippen LogP contribution is 2.25. The predicted octanol–water partition coefficient (Wildman–Crippen LogP) is 2.70. The molecule has 4 aromatic rings. The van der Waals surface area contributed by atoms with Gasteiger partial charge in [-0.2, -0.15) is 0 Å². The summed E-state index contributed by atoms with van der Waals surface area (Å²) in [6, 6.07) is 3.98. The van der Waals surface area contributed by atoms with Gasteiger partial charge < -0.3 is 5.41 Å². The van der Waals surface area contributed by atoms with Gasteiger partial charge in [0, 0.05) is 30.6 Å². The van der Waals surface area contributed by atoms with E-state index in [9.17, 15) is 0 Å². The molecule has 0 fully saturated rings. The van der Waals surface area contributed by atoms with Gasteiger partial charge in [-0.25, -0.2) is 19.6 Å². The zero-order chi connectivity index (χ0) is 17.9. The second-order valence-corrected chi connectivity index (χ2v) is 6.50. The summed E-state index contributed by atoms with van der Waals surface area (Å²) in [6.45, 7) is 3.16. The highest BCUT2D eigenvalue weighted by atomic mass is 32.1. The molecule has 130 valence electrons. The zero-order valence-electron chi connectivity index (χ0n) is 14.1. The first-order chi connectivity index (χ1) is 12.8. The standard InChI is InChI=1S/C17H16N8S/c1-2-19-7-11(6-18)14-8-21-15-16(22-14)25(24-23-15)9-12-10-26-17-13(12)4-3-5-20-17/h3-8,10-11,18H,2,9H2,1H3. The summed E-state index contributed by atoms with van der Waals surface area (Å²) in [7, 11) is 0. The average molecular weight is 364 g/mol. The van der Waals surface area contributed by atoms with E-state index in [1.54, 1.807) is 34.6 Å². The fourth-order valence-corrected chi connectivity index (χ4v) is 3.57. The molecule has 0 spiro atoms. The van der Waals surface area contributed by atoms with Crippen molar-refractivity contribution in [2.75, 3.05) is 6.54 Å². The summed E-state index contributed by atoms with van der Waals surface area (Å²) in [5.74, 6) is -0.304. The smallest absolute Gasteiger partial charge is 0.221 e. The van der Waals surface area contributed by atoms with Crippen LogP contribution in [-0.2, 0) is 6.54 Å². The van der Waals surface area contributed by atoms with E-state index in [1.165, 1.54) is 6.21 Å². The van der Waals surface area contributed by atoms with Gasteiger partial charge in [0.25, 0.3) is 0 Å². The first-order valence-electron chi connectivity index (χ1n) is 8.18. The third kappa shape index (κ3) is 2.97. The van der Waals surface area contributed by atoms with Gasteiger partial charge in [0.1, 0.15) is 4.83 Å². The molecule has 0 amide bonds. The van der Waals surface area contributed by atoms with E-state index in [-0.39, 0.29) is 5.92 Å². The van der Waals surface area contributed by atoms with Crippen LogP contribution in [0.5, 0.6) is 0 Å². The number of hydrogen-bond donors (Lipinski definition) is 1. The highest BCUT2D eigenvalue weighted by molar-refractivity contribution is 7.16. The molecular weight excluding hydrogens is 348 g/mol. The van der Waals surface area contributed by atoms with Crippen LogP contribution in [0.15, 0.2) is 34.9 Å². The third-order valence-corrected chi connectivity index (χ3v) is 4.92. The first kappa shape index (κ1) is 16.4. The normalized spacial score (nSPS) is 13.0. The Hall–Kier alpha value is -3.07. The van der Waals surface area contributed by atoms with E-state index in [2.05, 4.69) is 41.7 Å². The fourth-order valence-electron chi connectivity index (χ4n) is 2.66. The zero-order valence-corrected chi connectivity index (χ0v) is 14.9. The SMILES string of the molecule is CCN=CC(C=N)c1cnc2nnn(Cc3csc4ncccc34)c2n1. The van der Waals surface area contributed by atoms with Crippen LogP contribution in [0.3, 0.4) is 0 Å². The van der Waals surface area contributed by atoms with Crippen molar-refractivity contribution in [2.45, 2.75) is 19.4 Å². The largest absolute Gasteiger partial charge is 0.312 e. The number of aromatic nitrogens is 6. The van der Waals surface area contributed by atoms with Gasteiger partial charge in [0.2, 0.25) is 5.65 Å². The fraction of sp³-hybridized carbons (Fsp3) is 0.235. The second-order valence-electron chi connectivity index (χ2n) is 5.65. The lowest BCUT2D eigenvalue weighted by Gasteiger charge is -2.06. The van der Waals surface area contributed by atoms with Crippen molar-refractivity contribution < 1.29 is 0 Å². The number of fused-ring (bicyclic) bond motifs is 2. The summed E-state index contributed by atoms with van der Waals surface area (Å²) in [5.41, 5.74) is 2.86. The molecule has 4 aromatic heterocycles. The number of nitrogens with one attached hydrogen (secondary N) is 1. The van der Waals surface area contributed by atoms with Crippen LogP contribution in [-0.4, -0.2) is 48.9 Å². The Morgan fingerprint density at radius 2 is 2.31 bits per heavy atom. The Bertz CT molecular complexity index is 1100. The van der Waals surface area contributed by atoms with Crippen LogP contribution in [0.25, 0.3) is 21.5 Å². The minimum atomic E-state index is -0.304. The molecule has 4 heterocycles. The molecule has 0 bridgehead atoms. The van der Waals surface area contributed by atoms with Crippen molar-refractivity contribution in [3.05, 3.63) is 41.2 Å². The maximum Gasteiger partial charge on any atom is 0.221 e. The number of aliphatic imine (C=N–C) groups is 1. The van der Waals surface area contributed by atoms with Gasteiger partial charge in [-0.3, -0.25) is 4.99 Å². The summed E-state index contributed by atoms with van der Waals surface area (Å²) in [4.78, 5) is 18.6. The molecule has 26 heavy (non-hydrogen) atoms. The molecule has 1 N–H and O–H groups in total. The van der Waals surface area contributed by atoms with Crippen LogP contribution in [0.1, 0.15) is 24.1 Å². The van der Waals surface area contributed by atoms with Gasteiger partial charge in [-0.1, -0.05) is 11.3 Å². The van der Waals surface area contributed by atoms with E-state index in [1.807, 2.05) is 13.0 Å².